The highest BCUT2D eigenvalue weighted by molar-refractivity contribution is 5.56. The first-order chi connectivity index (χ1) is 8.74. The molecular formula is C15H24N2O. The number of anilines is 1. The normalized spacial score (nSPS) is 17.3. The maximum atomic E-state index is 9.06. The number of nitrogens with zero attached hydrogens (tertiary/aromatic N) is 1. The molecule has 1 aliphatic rings. The topological polar surface area (TPSA) is 49.5 Å². The zero-order chi connectivity index (χ0) is 13.0. The Hall–Kier alpha value is -1.06. The Morgan fingerprint density at radius 2 is 2.11 bits per heavy atom. The van der Waals surface area contributed by atoms with E-state index < -0.39 is 0 Å². The lowest BCUT2D eigenvalue weighted by Crippen LogP contribution is -2.42. The smallest absolute Gasteiger partial charge is 0.0447 e. The Bertz CT molecular complexity index is 375. The van der Waals surface area contributed by atoms with Crippen LogP contribution in [0.1, 0.15) is 44.2 Å². The predicted molar refractivity (Wildman–Crippen MR) is 75.7 cm³/mol. The minimum Gasteiger partial charge on any atom is -0.396 e. The molecule has 1 aliphatic carbocycles. The summed E-state index contributed by atoms with van der Waals surface area (Å²) in [4.78, 5) is 2.44. The average molecular weight is 248 g/mol. The van der Waals surface area contributed by atoms with Crippen molar-refractivity contribution >= 4 is 5.69 Å². The van der Waals surface area contributed by atoms with Crippen LogP contribution in [0.2, 0.25) is 0 Å². The van der Waals surface area contributed by atoms with Crippen LogP contribution < -0.4 is 10.6 Å². The van der Waals surface area contributed by atoms with E-state index in [2.05, 4.69) is 23.1 Å². The molecule has 3 nitrogen and oxygen atoms in total. The van der Waals surface area contributed by atoms with Crippen LogP contribution in [0.3, 0.4) is 0 Å². The molecule has 0 radical (unpaired) electrons. The lowest BCUT2D eigenvalue weighted by Gasteiger charge is -2.40. The highest BCUT2D eigenvalue weighted by Gasteiger charge is 2.26. The molecule has 2 rings (SSSR count). The van der Waals surface area contributed by atoms with Crippen LogP contribution in [0.25, 0.3) is 0 Å². The second-order valence-corrected chi connectivity index (χ2v) is 5.20. The molecular weight excluding hydrogens is 224 g/mol. The van der Waals surface area contributed by atoms with Gasteiger partial charge in [-0.1, -0.05) is 18.2 Å². The Morgan fingerprint density at radius 3 is 2.67 bits per heavy atom. The zero-order valence-electron chi connectivity index (χ0n) is 11.2. The summed E-state index contributed by atoms with van der Waals surface area (Å²) in [7, 11) is 0. The highest BCUT2D eigenvalue weighted by Crippen LogP contribution is 2.33. The molecule has 0 saturated heterocycles. The first-order valence-corrected chi connectivity index (χ1v) is 6.96. The van der Waals surface area contributed by atoms with E-state index in [1.54, 1.807) is 0 Å². The van der Waals surface area contributed by atoms with E-state index >= 15 is 0 Å². The number of hydrogen-bond acceptors (Lipinski definition) is 3. The molecule has 1 fully saturated rings. The molecule has 1 aromatic rings. The van der Waals surface area contributed by atoms with Crippen molar-refractivity contribution in [2.45, 2.75) is 44.7 Å². The summed E-state index contributed by atoms with van der Waals surface area (Å²) in [5, 5.41) is 9.06. The van der Waals surface area contributed by atoms with Crippen LogP contribution in [-0.4, -0.2) is 24.3 Å². The number of aliphatic hydroxyl groups is 1. The number of aliphatic hydroxyl groups excluding tert-OH is 1. The van der Waals surface area contributed by atoms with Gasteiger partial charge >= 0.3 is 0 Å². The third-order valence-electron chi connectivity index (χ3n) is 3.81. The van der Waals surface area contributed by atoms with Crippen LogP contribution >= 0.6 is 0 Å². The van der Waals surface area contributed by atoms with Gasteiger partial charge in [-0.2, -0.15) is 0 Å². The molecule has 100 valence electrons. The second kappa shape index (κ2) is 6.21. The van der Waals surface area contributed by atoms with Crippen LogP contribution in [0, 0.1) is 0 Å². The first kappa shape index (κ1) is 13.4. The minimum atomic E-state index is 0.0536. The van der Waals surface area contributed by atoms with Gasteiger partial charge in [-0.05, 0) is 44.2 Å². The Kier molecular flexibility index (Phi) is 4.61. The fourth-order valence-corrected chi connectivity index (χ4v) is 2.57. The van der Waals surface area contributed by atoms with Gasteiger partial charge in [0.05, 0.1) is 0 Å². The van der Waals surface area contributed by atoms with Crippen molar-refractivity contribution in [3.8, 4) is 0 Å². The van der Waals surface area contributed by atoms with Crippen molar-refractivity contribution < 1.29 is 5.11 Å². The van der Waals surface area contributed by atoms with Crippen molar-refractivity contribution in [3.63, 3.8) is 0 Å². The van der Waals surface area contributed by atoms with Gasteiger partial charge in [-0.25, -0.2) is 0 Å². The summed E-state index contributed by atoms with van der Waals surface area (Å²) >= 11 is 0. The second-order valence-electron chi connectivity index (χ2n) is 5.20. The summed E-state index contributed by atoms with van der Waals surface area (Å²) < 4.78 is 0. The number of rotatable bonds is 6. The van der Waals surface area contributed by atoms with Crippen molar-refractivity contribution in [2.24, 2.45) is 5.73 Å². The van der Waals surface area contributed by atoms with Crippen molar-refractivity contribution in [2.75, 3.05) is 18.1 Å². The van der Waals surface area contributed by atoms with Gasteiger partial charge in [-0.3, -0.25) is 0 Å². The molecule has 1 atom stereocenters. The van der Waals surface area contributed by atoms with Gasteiger partial charge < -0.3 is 15.7 Å². The lowest BCUT2D eigenvalue weighted by molar-refractivity contribution is 0.283. The van der Waals surface area contributed by atoms with Gasteiger partial charge in [0.2, 0.25) is 0 Å². The molecule has 0 aliphatic heterocycles. The van der Waals surface area contributed by atoms with E-state index in [9.17, 15) is 0 Å². The molecule has 0 spiro atoms. The molecule has 1 saturated carbocycles. The molecule has 3 N–H and O–H groups in total. The summed E-state index contributed by atoms with van der Waals surface area (Å²) in [5.74, 6) is 0. The maximum absolute atomic E-state index is 9.06. The third kappa shape index (κ3) is 2.85. The molecule has 0 amide bonds. The molecule has 3 heteroatoms. The standard InChI is InChI=1S/C15H24N2O/c1-12(16)14-8-2-3-9-15(14)17(10-5-11-18)13-6-4-7-13/h2-3,8-9,12-13,18H,4-7,10-11,16H2,1H3/t12-/m1/s1. The molecule has 0 aromatic heterocycles. The number of benzene rings is 1. The zero-order valence-corrected chi connectivity index (χ0v) is 11.2. The van der Waals surface area contributed by atoms with Crippen LogP contribution in [0.15, 0.2) is 24.3 Å². The van der Waals surface area contributed by atoms with E-state index in [0.717, 1.165) is 13.0 Å². The van der Waals surface area contributed by atoms with Gasteiger partial charge in [0, 0.05) is 30.9 Å². The van der Waals surface area contributed by atoms with Gasteiger partial charge in [0.15, 0.2) is 0 Å². The SMILES string of the molecule is C[C@@H](N)c1ccccc1N(CCCO)C1CCC1. The summed E-state index contributed by atoms with van der Waals surface area (Å²) in [6.45, 7) is 3.21. The van der Waals surface area contributed by atoms with E-state index in [-0.39, 0.29) is 12.6 Å². The fourth-order valence-electron chi connectivity index (χ4n) is 2.57. The summed E-state index contributed by atoms with van der Waals surface area (Å²) in [5.41, 5.74) is 8.53. The van der Waals surface area contributed by atoms with E-state index in [1.807, 2.05) is 13.0 Å². The largest absolute Gasteiger partial charge is 0.396 e. The quantitative estimate of drug-likeness (QED) is 0.813. The van der Waals surface area contributed by atoms with E-state index in [4.69, 9.17) is 10.8 Å². The molecule has 18 heavy (non-hydrogen) atoms. The number of para-hydroxylation sites is 1. The first-order valence-electron chi connectivity index (χ1n) is 6.96. The van der Waals surface area contributed by atoms with Crippen molar-refractivity contribution in [1.29, 1.82) is 0 Å². The minimum absolute atomic E-state index is 0.0536. The monoisotopic (exact) mass is 248 g/mol. The highest BCUT2D eigenvalue weighted by atomic mass is 16.3. The van der Waals surface area contributed by atoms with Crippen molar-refractivity contribution in [3.05, 3.63) is 29.8 Å². The third-order valence-corrected chi connectivity index (χ3v) is 3.81. The predicted octanol–water partition coefficient (Wildman–Crippen LogP) is 2.45. The van der Waals surface area contributed by atoms with Gasteiger partial charge in [-0.15, -0.1) is 0 Å². The summed E-state index contributed by atoms with van der Waals surface area (Å²) in [6.07, 6.45) is 4.67. The number of hydrogen-bond donors (Lipinski definition) is 2. The molecule has 0 bridgehead atoms. The maximum Gasteiger partial charge on any atom is 0.0447 e. The molecule has 1 aromatic carbocycles. The lowest BCUT2D eigenvalue weighted by atomic mass is 9.90. The average Bonchev–Trinajstić information content (AvgIpc) is 2.32. The molecule has 0 unspecified atom stereocenters. The van der Waals surface area contributed by atoms with Crippen LogP contribution in [0.4, 0.5) is 5.69 Å². The fraction of sp³-hybridized carbons (Fsp3) is 0.600. The van der Waals surface area contributed by atoms with Crippen LogP contribution in [0.5, 0.6) is 0 Å². The van der Waals surface area contributed by atoms with E-state index in [1.165, 1.54) is 30.5 Å². The molecule has 0 heterocycles. The van der Waals surface area contributed by atoms with Gasteiger partial charge in [0.25, 0.3) is 0 Å². The van der Waals surface area contributed by atoms with Crippen LogP contribution in [-0.2, 0) is 0 Å². The van der Waals surface area contributed by atoms with E-state index in [0.29, 0.717) is 6.04 Å². The van der Waals surface area contributed by atoms with Crippen molar-refractivity contribution in [1.82, 2.24) is 0 Å². The van der Waals surface area contributed by atoms with Gasteiger partial charge in [0.1, 0.15) is 0 Å². The Labute approximate surface area is 110 Å². The number of nitrogens with two attached hydrogens (primary N) is 1. The Morgan fingerprint density at radius 1 is 1.39 bits per heavy atom. The Balaban J connectivity index is 2.23. The summed E-state index contributed by atoms with van der Waals surface area (Å²) in [6, 6.07) is 9.09.